The number of rotatable bonds is 7. The zero-order chi connectivity index (χ0) is 25.5. The molecule has 2 amide bonds. The van der Waals surface area contributed by atoms with Crippen LogP contribution in [0.3, 0.4) is 0 Å². The van der Waals surface area contributed by atoms with Gasteiger partial charge in [0.25, 0.3) is 0 Å². The van der Waals surface area contributed by atoms with Gasteiger partial charge in [-0.15, -0.1) is 0 Å². The maximum Gasteiger partial charge on any atom is 0.320 e. The van der Waals surface area contributed by atoms with Crippen LogP contribution in [0.4, 0.5) is 9.18 Å². The number of allylic oxidation sites excluding steroid dienone is 2. The second-order valence-electron chi connectivity index (χ2n) is 11.9. The summed E-state index contributed by atoms with van der Waals surface area (Å²) in [5.74, 6) is 1.68. The quantitative estimate of drug-likeness (QED) is 0.454. The molecule has 3 fully saturated rings. The smallest absolute Gasteiger partial charge is 0.320 e. The van der Waals surface area contributed by atoms with E-state index < -0.39 is 0 Å². The van der Waals surface area contributed by atoms with Crippen LogP contribution in [-0.2, 0) is 6.54 Å². The van der Waals surface area contributed by atoms with Gasteiger partial charge in [-0.2, -0.15) is 0 Å². The van der Waals surface area contributed by atoms with Crippen LogP contribution in [0.25, 0.3) is 0 Å². The van der Waals surface area contributed by atoms with E-state index in [1.165, 1.54) is 19.3 Å². The first-order valence-corrected chi connectivity index (χ1v) is 13.7. The lowest BCUT2D eigenvalue weighted by molar-refractivity contribution is 0.0361. The molecule has 4 aliphatic rings. The topological polar surface area (TPSA) is 36.0 Å². The first kappa shape index (κ1) is 25.3. The third-order valence-corrected chi connectivity index (χ3v) is 9.45. The van der Waals surface area contributed by atoms with Crippen molar-refractivity contribution in [3.05, 3.63) is 53.4 Å². The number of methoxy groups -OCH3 is 1. The maximum atomic E-state index is 14.5. The van der Waals surface area contributed by atoms with E-state index in [1.54, 1.807) is 13.2 Å². The molecule has 0 N–H and O–H groups in total. The van der Waals surface area contributed by atoms with Crippen molar-refractivity contribution in [2.45, 2.75) is 75.9 Å². The lowest BCUT2D eigenvalue weighted by Crippen LogP contribution is -2.58. The van der Waals surface area contributed by atoms with Crippen molar-refractivity contribution >= 4 is 6.03 Å². The number of hydrogen-bond donors (Lipinski definition) is 0. The van der Waals surface area contributed by atoms with Crippen molar-refractivity contribution in [2.75, 3.05) is 34.3 Å². The van der Waals surface area contributed by atoms with Gasteiger partial charge in [0.2, 0.25) is 0 Å². The molecule has 0 radical (unpaired) electrons. The summed E-state index contributed by atoms with van der Waals surface area (Å²) < 4.78 is 19.8. The molecule has 5 nitrogen and oxygen atoms in total. The zero-order valence-electron chi connectivity index (χ0n) is 22.4. The molecule has 6 heteroatoms. The number of likely N-dealkylation sites (N-methyl/N-ethyl adjacent to an activating group) is 1. The van der Waals surface area contributed by atoms with E-state index in [4.69, 9.17) is 4.74 Å². The fourth-order valence-electron chi connectivity index (χ4n) is 6.95. The third-order valence-electron chi connectivity index (χ3n) is 9.45. The van der Waals surface area contributed by atoms with E-state index in [9.17, 15) is 9.18 Å². The van der Waals surface area contributed by atoms with E-state index in [2.05, 4.69) is 53.9 Å². The number of carbonyl (C=O) groups excluding carboxylic acids is 1. The first-order chi connectivity index (χ1) is 17.2. The predicted molar refractivity (Wildman–Crippen MR) is 142 cm³/mol. The minimum atomic E-state index is -0.175. The summed E-state index contributed by atoms with van der Waals surface area (Å²) in [6.07, 6.45) is 12.1. The van der Waals surface area contributed by atoms with Crippen LogP contribution in [0, 0.1) is 11.8 Å². The number of urea groups is 1. The van der Waals surface area contributed by atoms with Gasteiger partial charge in [-0.25, -0.2) is 9.18 Å². The lowest BCUT2D eigenvalue weighted by atomic mass is 9.66. The third kappa shape index (κ3) is 4.57. The summed E-state index contributed by atoms with van der Waals surface area (Å²) >= 11 is 0. The van der Waals surface area contributed by atoms with Crippen LogP contribution >= 0.6 is 0 Å². The average Bonchev–Trinajstić information content (AvgIpc) is 3.06. The lowest BCUT2D eigenvalue weighted by Gasteiger charge is -2.52. The van der Waals surface area contributed by atoms with E-state index in [0.29, 0.717) is 18.9 Å². The number of halogens is 1. The minimum absolute atomic E-state index is 0.00478. The number of benzene rings is 1. The standard InChI is InChI=1S/C30H42FN3O2/c1-22-16-25(18-26(31)17-22)30(32(2)3)14-12-29(13-15-30)21-33(19-24-8-10-27(36-4)11-9-24)28(35)34(29)20-23-6-5-7-23/h8-11,16,18,22-23H,5-7,12-15,17,19-21H2,1-4H3/t22?,29-,30+. The van der Waals surface area contributed by atoms with Gasteiger partial charge in [-0.3, -0.25) is 4.90 Å². The Labute approximate surface area is 216 Å². The molecular weight excluding hydrogens is 453 g/mol. The second-order valence-corrected chi connectivity index (χ2v) is 11.9. The number of amides is 2. The van der Waals surface area contributed by atoms with E-state index in [0.717, 1.165) is 55.7 Å². The molecule has 2 saturated carbocycles. The van der Waals surface area contributed by atoms with Crippen LogP contribution in [0.5, 0.6) is 5.75 Å². The van der Waals surface area contributed by atoms with Crippen LogP contribution in [0.1, 0.15) is 63.9 Å². The summed E-state index contributed by atoms with van der Waals surface area (Å²) in [5.41, 5.74) is 1.95. The molecule has 1 spiro atoms. The van der Waals surface area contributed by atoms with Gasteiger partial charge in [-0.05, 0) is 93.8 Å². The molecule has 1 saturated heterocycles. The highest BCUT2D eigenvalue weighted by Gasteiger charge is 2.55. The number of nitrogens with zero attached hydrogens (tertiary/aromatic N) is 3. The molecular formula is C30H42FN3O2. The molecule has 3 aliphatic carbocycles. The van der Waals surface area contributed by atoms with Crippen LogP contribution in [-0.4, -0.2) is 66.1 Å². The molecule has 1 unspecified atom stereocenters. The fourth-order valence-corrected chi connectivity index (χ4v) is 6.95. The summed E-state index contributed by atoms with van der Waals surface area (Å²) in [7, 11) is 5.93. The Balaban J connectivity index is 1.39. The Morgan fingerprint density at radius 2 is 1.81 bits per heavy atom. The summed E-state index contributed by atoms with van der Waals surface area (Å²) in [5, 5.41) is 0. The molecule has 1 aliphatic heterocycles. The molecule has 0 aromatic heterocycles. The van der Waals surface area contributed by atoms with E-state index >= 15 is 0 Å². The van der Waals surface area contributed by atoms with E-state index in [1.807, 2.05) is 12.1 Å². The maximum absolute atomic E-state index is 14.5. The molecule has 196 valence electrons. The highest BCUT2D eigenvalue weighted by molar-refractivity contribution is 5.78. The molecule has 36 heavy (non-hydrogen) atoms. The van der Waals surface area contributed by atoms with Crippen LogP contribution in [0.2, 0.25) is 0 Å². The van der Waals surface area contributed by atoms with Crippen LogP contribution < -0.4 is 4.74 Å². The molecule has 5 rings (SSSR count). The highest BCUT2D eigenvalue weighted by Crippen LogP contribution is 2.49. The highest BCUT2D eigenvalue weighted by atomic mass is 19.1. The van der Waals surface area contributed by atoms with Crippen molar-refractivity contribution in [1.29, 1.82) is 0 Å². The van der Waals surface area contributed by atoms with Crippen molar-refractivity contribution in [1.82, 2.24) is 14.7 Å². The first-order valence-electron chi connectivity index (χ1n) is 13.7. The Morgan fingerprint density at radius 3 is 2.36 bits per heavy atom. The fraction of sp³-hybridized carbons (Fsp3) is 0.633. The predicted octanol–water partition coefficient (Wildman–Crippen LogP) is 6.17. The van der Waals surface area contributed by atoms with Gasteiger partial charge in [0.15, 0.2) is 0 Å². The van der Waals surface area contributed by atoms with Crippen molar-refractivity contribution < 1.29 is 13.9 Å². The normalized spacial score (nSPS) is 31.1. The van der Waals surface area contributed by atoms with Gasteiger partial charge in [0.05, 0.1) is 12.6 Å². The number of ether oxygens (including phenoxy) is 1. The largest absolute Gasteiger partial charge is 0.497 e. The monoisotopic (exact) mass is 495 g/mol. The zero-order valence-corrected chi connectivity index (χ0v) is 22.4. The minimum Gasteiger partial charge on any atom is -0.497 e. The Morgan fingerprint density at radius 1 is 1.11 bits per heavy atom. The second kappa shape index (κ2) is 9.85. The van der Waals surface area contributed by atoms with Gasteiger partial charge in [0, 0.05) is 31.6 Å². The molecule has 1 aromatic rings. The summed E-state index contributed by atoms with van der Waals surface area (Å²) in [4.78, 5) is 20.4. The molecule has 0 bridgehead atoms. The number of hydrogen-bond acceptors (Lipinski definition) is 3. The average molecular weight is 496 g/mol. The summed E-state index contributed by atoms with van der Waals surface area (Å²) in [6, 6.07) is 8.24. The van der Waals surface area contributed by atoms with Crippen molar-refractivity contribution in [3.63, 3.8) is 0 Å². The molecule has 1 atom stereocenters. The van der Waals surface area contributed by atoms with Gasteiger partial charge in [-0.1, -0.05) is 31.6 Å². The SMILES string of the molecule is COc1ccc(CN2C[C@]3(CC[C@](C4=CC(C)CC(F)=C4)(N(C)C)CC3)N(CC3CCC3)C2=O)cc1. The molecule has 1 aromatic carbocycles. The Kier molecular flexibility index (Phi) is 6.92. The van der Waals surface area contributed by atoms with Crippen LogP contribution in [0.15, 0.2) is 47.8 Å². The van der Waals surface area contributed by atoms with Gasteiger partial charge in [0.1, 0.15) is 11.6 Å². The van der Waals surface area contributed by atoms with Crippen molar-refractivity contribution in [2.24, 2.45) is 11.8 Å². The number of carbonyl (C=O) groups is 1. The molecule has 1 heterocycles. The van der Waals surface area contributed by atoms with Gasteiger partial charge < -0.3 is 14.5 Å². The Bertz CT molecular complexity index is 1020. The van der Waals surface area contributed by atoms with Crippen molar-refractivity contribution in [3.8, 4) is 5.75 Å². The van der Waals surface area contributed by atoms with E-state index in [-0.39, 0.29) is 28.9 Å². The Hall–Kier alpha value is -2.34. The van der Waals surface area contributed by atoms with Gasteiger partial charge >= 0.3 is 6.03 Å². The summed E-state index contributed by atoms with van der Waals surface area (Å²) in [6.45, 7) is 4.38.